The lowest BCUT2D eigenvalue weighted by Gasteiger charge is -2.37. The Morgan fingerprint density at radius 2 is 1.79 bits per heavy atom. The van der Waals surface area contributed by atoms with Crippen LogP contribution in [0.25, 0.3) is 0 Å². The lowest BCUT2D eigenvalue weighted by atomic mass is 10.2. The minimum absolute atomic E-state index is 0.0106. The quantitative estimate of drug-likeness (QED) is 0.713. The van der Waals surface area contributed by atoms with Crippen molar-refractivity contribution >= 4 is 23.2 Å². The molecular formula is C22H28ClN3O3. The number of carbonyl (C=O) groups excluding carboxylic acids is 1. The molecule has 0 aromatic heterocycles. The molecule has 156 valence electrons. The summed E-state index contributed by atoms with van der Waals surface area (Å²) in [5, 5.41) is 3.56. The van der Waals surface area contributed by atoms with Crippen molar-refractivity contribution in [3.63, 3.8) is 0 Å². The Morgan fingerprint density at radius 1 is 1.10 bits per heavy atom. The van der Waals surface area contributed by atoms with E-state index in [9.17, 15) is 4.79 Å². The van der Waals surface area contributed by atoms with Gasteiger partial charge in [0.15, 0.2) is 0 Å². The van der Waals surface area contributed by atoms with Crippen LogP contribution in [0.2, 0.25) is 5.02 Å². The summed E-state index contributed by atoms with van der Waals surface area (Å²) < 4.78 is 11.0. The number of nitrogens with zero attached hydrogens (tertiary/aromatic N) is 2. The molecule has 0 bridgehead atoms. The van der Waals surface area contributed by atoms with E-state index in [1.54, 1.807) is 19.2 Å². The van der Waals surface area contributed by atoms with Gasteiger partial charge in [-0.2, -0.15) is 0 Å². The van der Waals surface area contributed by atoms with Gasteiger partial charge in [0.2, 0.25) is 5.91 Å². The normalized spacial score (nSPS) is 16.2. The predicted molar refractivity (Wildman–Crippen MR) is 116 cm³/mol. The van der Waals surface area contributed by atoms with Gasteiger partial charge in [0.05, 0.1) is 13.2 Å². The Morgan fingerprint density at radius 3 is 2.45 bits per heavy atom. The van der Waals surface area contributed by atoms with Gasteiger partial charge in [-0.1, -0.05) is 17.7 Å². The molecule has 29 heavy (non-hydrogen) atoms. The summed E-state index contributed by atoms with van der Waals surface area (Å²) in [6.45, 7) is 6.99. The number of halogens is 1. The lowest BCUT2D eigenvalue weighted by molar-refractivity contribution is -0.121. The van der Waals surface area contributed by atoms with Gasteiger partial charge in [-0.05, 0) is 49.4 Å². The maximum atomic E-state index is 12.5. The number of amides is 1. The molecule has 1 N–H and O–H groups in total. The van der Waals surface area contributed by atoms with Crippen molar-refractivity contribution in [3.05, 3.63) is 53.6 Å². The molecule has 1 atom stereocenters. The van der Waals surface area contributed by atoms with Crippen LogP contribution in [0.1, 0.15) is 6.92 Å². The Balaban J connectivity index is 1.38. The fraction of sp³-hybridized carbons (Fsp3) is 0.409. The molecule has 0 saturated carbocycles. The van der Waals surface area contributed by atoms with Gasteiger partial charge in [-0.15, -0.1) is 0 Å². The molecule has 1 amide bonds. The van der Waals surface area contributed by atoms with E-state index in [-0.39, 0.29) is 11.9 Å². The lowest BCUT2D eigenvalue weighted by Crippen LogP contribution is -2.53. The third-order valence-electron chi connectivity index (χ3n) is 5.16. The second kappa shape index (κ2) is 10.5. The molecule has 1 saturated heterocycles. The van der Waals surface area contributed by atoms with Crippen LogP contribution < -0.4 is 14.8 Å². The third kappa shape index (κ3) is 6.35. The number of methoxy groups -OCH3 is 1. The highest BCUT2D eigenvalue weighted by Crippen LogP contribution is 2.18. The number of benzene rings is 2. The molecule has 2 aromatic rings. The van der Waals surface area contributed by atoms with Crippen LogP contribution in [-0.2, 0) is 4.79 Å². The highest BCUT2D eigenvalue weighted by Gasteiger charge is 2.25. The van der Waals surface area contributed by atoms with Gasteiger partial charge in [-0.25, -0.2) is 0 Å². The first-order chi connectivity index (χ1) is 14.0. The Kier molecular flexibility index (Phi) is 7.75. The van der Waals surface area contributed by atoms with Gasteiger partial charge in [0.1, 0.15) is 18.1 Å². The molecule has 0 radical (unpaired) electrons. The number of hydrogen-bond donors (Lipinski definition) is 1. The first-order valence-electron chi connectivity index (χ1n) is 9.85. The first kappa shape index (κ1) is 21.4. The molecule has 7 heteroatoms. The molecule has 1 aliphatic rings. The Labute approximate surface area is 177 Å². The Bertz CT molecular complexity index is 792. The molecule has 3 rings (SSSR count). The van der Waals surface area contributed by atoms with Crippen LogP contribution in [0.15, 0.2) is 48.5 Å². The van der Waals surface area contributed by atoms with E-state index >= 15 is 0 Å². The van der Waals surface area contributed by atoms with E-state index < -0.39 is 0 Å². The molecule has 6 nitrogen and oxygen atoms in total. The van der Waals surface area contributed by atoms with Gasteiger partial charge in [-0.3, -0.25) is 14.6 Å². The summed E-state index contributed by atoms with van der Waals surface area (Å²) in [6.07, 6.45) is 0. The van der Waals surface area contributed by atoms with Crippen molar-refractivity contribution in [2.24, 2.45) is 0 Å². The minimum Gasteiger partial charge on any atom is -0.497 e. The van der Waals surface area contributed by atoms with Crippen LogP contribution in [0, 0.1) is 0 Å². The second-order valence-electron chi connectivity index (χ2n) is 7.08. The molecule has 0 aliphatic carbocycles. The van der Waals surface area contributed by atoms with Gasteiger partial charge < -0.3 is 14.8 Å². The minimum atomic E-state index is -0.188. The van der Waals surface area contributed by atoms with Crippen LogP contribution >= 0.6 is 11.6 Å². The van der Waals surface area contributed by atoms with E-state index in [0.717, 1.165) is 49.9 Å². The molecule has 0 spiro atoms. The summed E-state index contributed by atoms with van der Waals surface area (Å²) in [6, 6.07) is 14.6. The van der Waals surface area contributed by atoms with Crippen LogP contribution in [0.4, 0.5) is 5.69 Å². The number of piperazine rings is 1. The van der Waals surface area contributed by atoms with Gasteiger partial charge in [0.25, 0.3) is 0 Å². The SMILES string of the molecule is COc1ccc(OCCN2CCN(C(C)C(=O)Nc3cccc(Cl)c3)CC2)cc1. The van der Waals surface area contributed by atoms with E-state index in [0.29, 0.717) is 11.6 Å². The highest BCUT2D eigenvalue weighted by atomic mass is 35.5. The van der Waals surface area contributed by atoms with E-state index in [2.05, 4.69) is 15.1 Å². The van der Waals surface area contributed by atoms with E-state index in [1.807, 2.05) is 43.3 Å². The smallest absolute Gasteiger partial charge is 0.241 e. The number of anilines is 1. The maximum Gasteiger partial charge on any atom is 0.241 e. The summed E-state index contributed by atoms with van der Waals surface area (Å²) in [5.41, 5.74) is 0.726. The fourth-order valence-electron chi connectivity index (χ4n) is 3.32. The third-order valence-corrected chi connectivity index (χ3v) is 5.40. The zero-order valence-electron chi connectivity index (χ0n) is 16.9. The van der Waals surface area contributed by atoms with Crippen molar-refractivity contribution in [1.82, 2.24) is 9.80 Å². The zero-order valence-corrected chi connectivity index (χ0v) is 17.7. The summed E-state index contributed by atoms with van der Waals surface area (Å²) in [4.78, 5) is 17.1. The van der Waals surface area contributed by atoms with Crippen molar-refractivity contribution in [3.8, 4) is 11.5 Å². The number of carbonyl (C=O) groups is 1. The summed E-state index contributed by atoms with van der Waals surface area (Å²) in [5.74, 6) is 1.65. The number of rotatable bonds is 8. The monoisotopic (exact) mass is 417 g/mol. The van der Waals surface area contributed by atoms with Crippen molar-refractivity contribution in [1.29, 1.82) is 0 Å². The molecule has 2 aromatic carbocycles. The standard InChI is InChI=1S/C22H28ClN3O3/c1-17(22(27)24-19-5-3-4-18(23)16-19)26-12-10-25(11-13-26)14-15-29-21-8-6-20(28-2)7-9-21/h3-9,16-17H,10-15H2,1-2H3,(H,24,27). The second-order valence-corrected chi connectivity index (χ2v) is 7.51. The number of nitrogens with one attached hydrogen (secondary N) is 1. The zero-order chi connectivity index (χ0) is 20.6. The average Bonchev–Trinajstić information content (AvgIpc) is 2.74. The topological polar surface area (TPSA) is 54.0 Å². The van der Waals surface area contributed by atoms with Crippen LogP contribution in [0.5, 0.6) is 11.5 Å². The summed E-state index contributed by atoms with van der Waals surface area (Å²) >= 11 is 5.98. The van der Waals surface area contributed by atoms with Gasteiger partial charge in [0, 0.05) is 43.4 Å². The first-order valence-corrected chi connectivity index (χ1v) is 10.2. The van der Waals surface area contributed by atoms with E-state index in [4.69, 9.17) is 21.1 Å². The average molecular weight is 418 g/mol. The summed E-state index contributed by atoms with van der Waals surface area (Å²) in [7, 11) is 1.65. The Hall–Kier alpha value is -2.28. The molecule has 1 heterocycles. The molecule has 1 aliphatic heterocycles. The molecule has 1 fully saturated rings. The van der Waals surface area contributed by atoms with Crippen molar-refractivity contribution in [2.45, 2.75) is 13.0 Å². The fourth-order valence-corrected chi connectivity index (χ4v) is 3.51. The maximum absolute atomic E-state index is 12.5. The molecule has 1 unspecified atom stereocenters. The number of hydrogen-bond acceptors (Lipinski definition) is 5. The van der Waals surface area contributed by atoms with Gasteiger partial charge >= 0.3 is 0 Å². The van der Waals surface area contributed by atoms with Crippen molar-refractivity contribution in [2.75, 3.05) is 51.8 Å². The van der Waals surface area contributed by atoms with Crippen LogP contribution in [-0.4, -0.2) is 68.2 Å². The van der Waals surface area contributed by atoms with Crippen molar-refractivity contribution < 1.29 is 14.3 Å². The van der Waals surface area contributed by atoms with Crippen LogP contribution in [0.3, 0.4) is 0 Å². The predicted octanol–water partition coefficient (Wildman–Crippen LogP) is 3.37. The molecular weight excluding hydrogens is 390 g/mol. The van der Waals surface area contributed by atoms with E-state index in [1.165, 1.54) is 0 Å². The number of ether oxygens (including phenoxy) is 2. The largest absolute Gasteiger partial charge is 0.497 e. The highest BCUT2D eigenvalue weighted by molar-refractivity contribution is 6.30.